The molecule has 1 aromatic rings. The van der Waals surface area contributed by atoms with Crippen LogP contribution in [0.5, 0.6) is 0 Å². The van der Waals surface area contributed by atoms with Gasteiger partial charge in [0.15, 0.2) is 5.31 Å². The zero-order valence-corrected chi connectivity index (χ0v) is 15.1. The molecule has 1 aliphatic carbocycles. The van der Waals surface area contributed by atoms with Crippen LogP contribution in [0.25, 0.3) is 6.08 Å². The molecule has 0 radical (unpaired) electrons. The molecule has 1 atom stereocenters. The fraction of sp³-hybridized carbons (Fsp3) is 0.474. The lowest BCUT2D eigenvalue weighted by Crippen LogP contribution is -2.37. The summed E-state index contributed by atoms with van der Waals surface area (Å²) in [6, 6.07) is 8.30. The molecule has 0 spiro atoms. The van der Waals surface area contributed by atoms with Gasteiger partial charge in [0, 0.05) is 22.2 Å². The van der Waals surface area contributed by atoms with Crippen LogP contribution in [0.2, 0.25) is 0 Å². The number of anilines is 1. The Morgan fingerprint density at radius 2 is 1.96 bits per heavy atom. The summed E-state index contributed by atoms with van der Waals surface area (Å²) in [5.41, 5.74) is 3.10. The predicted molar refractivity (Wildman–Crippen MR) is 96.4 cm³/mol. The third-order valence-electron chi connectivity index (χ3n) is 4.86. The molecule has 4 nitrogen and oxygen atoms in total. The van der Waals surface area contributed by atoms with Crippen LogP contribution in [0.3, 0.4) is 0 Å². The maximum absolute atomic E-state index is 13.5. The van der Waals surface area contributed by atoms with Crippen molar-refractivity contribution in [3.63, 3.8) is 0 Å². The van der Waals surface area contributed by atoms with Crippen molar-refractivity contribution in [2.24, 2.45) is 5.41 Å². The van der Waals surface area contributed by atoms with E-state index in [0.29, 0.717) is 13.2 Å². The van der Waals surface area contributed by atoms with Gasteiger partial charge in [0.1, 0.15) is 13.2 Å². The molecule has 0 bridgehead atoms. The third kappa shape index (κ3) is 2.93. The first kappa shape index (κ1) is 16.3. The minimum atomic E-state index is -3.29. The van der Waals surface area contributed by atoms with Gasteiger partial charge in [-0.2, -0.15) is 0 Å². The lowest BCUT2D eigenvalue weighted by molar-refractivity contribution is -0.229. The molecule has 1 unspecified atom stereocenters. The normalized spacial score (nSPS) is 27.7. The molecule has 2 aliphatic heterocycles. The fourth-order valence-electron chi connectivity index (χ4n) is 3.46. The Morgan fingerprint density at radius 3 is 2.75 bits per heavy atom. The molecular formula is C19H24NO3P. The average Bonchev–Trinajstić information content (AvgIpc) is 2.75. The second-order valence-electron chi connectivity index (χ2n) is 7.61. The zero-order chi connectivity index (χ0) is 16.8. The number of para-hydroxylation sites is 1. The molecule has 1 N–H and O–H groups in total. The Bertz CT molecular complexity index is 700. The van der Waals surface area contributed by atoms with Crippen molar-refractivity contribution in [3.8, 4) is 0 Å². The topological polar surface area (TPSA) is 53.5 Å². The Morgan fingerprint density at radius 1 is 1.21 bits per heavy atom. The number of hydrogen-bond acceptors (Lipinski definition) is 4. The van der Waals surface area contributed by atoms with Gasteiger partial charge in [-0.25, -0.2) is 9.05 Å². The standard InChI is InChI=1S/C19H24NO3P/c1-19(2)12-22-24(21,23-13-19)18-11-14-7-3-5-9-16(14)20-17-10-6-4-8-15(17)18/h3,5,7-9,11,17,20H,4,6,10,12-13H2,1-2H3. The number of fused-ring (bicyclic) bond motifs is 2. The van der Waals surface area contributed by atoms with Crippen molar-refractivity contribution >= 4 is 19.7 Å². The first-order valence-electron chi connectivity index (χ1n) is 8.64. The molecule has 1 saturated heterocycles. The molecular weight excluding hydrogens is 321 g/mol. The van der Waals surface area contributed by atoms with Crippen LogP contribution in [0.4, 0.5) is 5.69 Å². The highest BCUT2D eigenvalue weighted by atomic mass is 31.2. The minimum Gasteiger partial charge on any atom is -0.627 e. The largest absolute Gasteiger partial charge is 0.627 e. The van der Waals surface area contributed by atoms with Gasteiger partial charge >= 0.3 is 0 Å². The minimum absolute atomic E-state index is 0.101. The summed E-state index contributed by atoms with van der Waals surface area (Å²) in [5.74, 6) is 0. The number of allylic oxidation sites excluding steroid dienone is 1. The second-order valence-corrected chi connectivity index (χ2v) is 9.61. The van der Waals surface area contributed by atoms with Gasteiger partial charge in [0.05, 0.1) is 6.04 Å². The maximum Gasteiger partial charge on any atom is 0.271 e. The molecule has 1 fully saturated rings. The second kappa shape index (κ2) is 5.96. The number of hydrogen-bond donors (Lipinski definition) is 1. The first-order valence-corrected chi connectivity index (χ1v) is 10.2. The van der Waals surface area contributed by atoms with Gasteiger partial charge in [-0.05, 0) is 31.4 Å². The Labute approximate surface area is 144 Å². The number of rotatable bonds is 1. The summed E-state index contributed by atoms with van der Waals surface area (Å²) in [5, 5.41) is 4.35. The summed E-state index contributed by atoms with van der Waals surface area (Å²) in [4.78, 5) is 13.5. The molecule has 5 heteroatoms. The molecule has 2 heterocycles. The van der Waals surface area contributed by atoms with Crippen molar-refractivity contribution in [1.82, 2.24) is 0 Å². The highest BCUT2D eigenvalue weighted by Crippen LogP contribution is 2.67. The van der Waals surface area contributed by atoms with Crippen LogP contribution in [0.15, 0.2) is 41.2 Å². The Balaban J connectivity index is 1.78. The predicted octanol–water partition coefficient (Wildman–Crippen LogP) is 4.13. The van der Waals surface area contributed by atoms with Crippen molar-refractivity contribution in [3.05, 3.63) is 46.8 Å². The maximum atomic E-state index is 13.5. The van der Waals surface area contributed by atoms with E-state index in [9.17, 15) is 4.89 Å². The fourth-order valence-corrected chi connectivity index (χ4v) is 5.71. The van der Waals surface area contributed by atoms with Gasteiger partial charge in [0.25, 0.3) is 7.94 Å². The van der Waals surface area contributed by atoms with E-state index in [0.717, 1.165) is 41.4 Å². The van der Waals surface area contributed by atoms with Crippen molar-refractivity contribution in [1.29, 1.82) is 0 Å². The van der Waals surface area contributed by atoms with Gasteiger partial charge in [-0.15, -0.1) is 0 Å². The van der Waals surface area contributed by atoms with Crippen molar-refractivity contribution in [2.75, 3.05) is 18.5 Å². The van der Waals surface area contributed by atoms with E-state index in [1.54, 1.807) is 0 Å². The summed E-state index contributed by atoms with van der Waals surface area (Å²) in [7, 11) is -3.29. The summed E-state index contributed by atoms with van der Waals surface area (Å²) >= 11 is 0. The van der Waals surface area contributed by atoms with E-state index < -0.39 is 7.94 Å². The van der Waals surface area contributed by atoms with Gasteiger partial charge in [-0.1, -0.05) is 38.1 Å². The summed E-state index contributed by atoms with van der Waals surface area (Å²) in [6.07, 6.45) is 7.37. The van der Waals surface area contributed by atoms with E-state index in [1.807, 2.05) is 24.3 Å². The molecule has 3 aliphatic rings. The van der Waals surface area contributed by atoms with E-state index in [-0.39, 0.29) is 11.5 Å². The molecule has 1 aromatic carbocycles. The average molecular weight is 345 g/mol. The zero-order valence-electron chi connectivity index (χ0n) is 14.2. The van der Waals surface area contributed by atoms with E-state index in [2.05, 4.69) is 31.3 Å². The Kier molecular flexibility index (Phi) is 4.04. The van der Waals surface area contributed by atoms with Crippen LogP contribution in [-0.2, 0) is 9.05 Å². The van der Waals surface area contributed by atoms with Crippen LogP contribution < -0.4 is 10.2 Å². The molecule has 24 heavy (non-hydrogen) atoms. The molecule has 4 rings (SSSR count). The number of nitrogens with one attached hydrogen (secondary N) is 1. The lowest BCUT2D eigenvalue weighted by Gasteiger charge is -2.40. The highest BCUT2D eigenvalue weighted by molar-refractivity contribution is 7.64. The molecule has 0 amide bonds. The van der Waals surface area contributed by atoms with Crippen molar-refractivity contribution < 1.29 is 13.9 Å². The van der Waals surface area contributed by atoms with Crippen LogP contribution in [-0.4, -0.2) is 19.3 Å². The van der Waals surface area contributed by atoms with Crippen molar-refractivity contribution in [2.45, 2.75) is 39.2 Å². The SMILES string of the molecule is CC1(C)CO[P+]([O-])(C2=Cc3ccccc3NC3CCCC=C23)OC1. The highest BCUT2D eigenvalue weighted by Gasteiger charge is 2.47. The van der Waals surface area contributed by atoms with Crippen LogP contribution in [0, 0.1) is 5.41 Å². The van der Waals surface area contributed by atoms with E-state index in [4.69, 9.17) is 9.05 Å². The Hall–Kier alpha value is -1.19. The smallest absolute Gasteiger partial charge is 0.271 e. The van der Waals surface area contributed by atoms with Crippen LogP contribution in [0.1, 0.15) is 38.7 Å². The third-order valence-corrected chi connectivity index (χ3v) is 6.78. The molecule has 0 saturated carbocycles. The molecule has 0 aromatic heterocycles. The van der Waals surface area contributed by atoms with Gasteiger partial charge in [0.2, 0.25) is 0 Å². The van der Waals surface area contributed by atoms with Gasteiger partial charge in [-0.3, -0.25) is 0 Å². The monoisotopic (exact) mass is 345 g/mol. The summed E-state index contributed by atoms with van der Waals surface area (Å²) in [6.45, 7) is 5.04. The van der Waals surface area contributed by atoms with Gasteiger partial charge < -0.3 is 10.2 Å². The van der Waals surface area contributed by atoms with Crippen LogP contribution >= 0.6 is 7.94 Å². The first-order chi connectivity index (χ1) is 11.5. The lowest BCUT2D eigenvalue weighted by atomic mass is 9.94. The number of benzene rings is 1. The quantitative estimate of drug-likeness (QED) is 0.778. The molecule has 128 valence electrons. The summed E-state index contributed by atoms with van der Waals surface area (Å²) < 4.78 is 11.7. The van der Waals surface area contributed by atoms with E-state index >= 15 is 0 Å². The van der Waals surface area contributed by atoms with E-state index in [1.165, 1.54) is 0 Å².